The van der Waals surface area contributed by atoms with E-state index in [0.717, 1.165) is 18.8 Å². The van der Waals surface area contributed by atoms with E-state index >= 15 is 0 Å². The van der Waals surface area contributed by atoms with Gasteiger partial charge in [0.1, 0.15) is 5.82 Å². The summed E-state index contributed by atoms with van der Waals surface area (Å²) in [6.45, 7) is 0.878. The second-order valence-corrected chi connectivity index (χ2v) is 3.41. The minimum atomic E-state index is 0.878. The summed E-state index contributed by atoms with van der Waals surface area (Å²) in [5.74, 6) is 0.918. The predicted octanol–water partition coefficient (Wildman–Crippen LogP) is 1.47. The fourth-order valence-electron chi connectivity index (χ4n) is 1.39. The van der Waals surface area contributed by atoms with E-state index in [1.807, 2.05) is 31.6 Å². The number of pyridine rings is 1. The molecule has 1 N–H and O–H groups in total. The molecule has 4 heteroatoms. The lowest BCUT2D eigenvalue weighted by atomic mass is 10.2. The van der Waals surface area contributed by atoms with Crippen molar-refractivity contribution in [2.45, 2.75) is 6.42 Å². The number of nitrogens with zero attached hydrogens (tertiary/aromatic N) is 3. The van der Waals surface area contributed by atoms with Crippen LogP contribution in [-0.4, -0.2) is 21.3 Å². The molecule has 0 atom stereocenters. The van der Waals surface area contributed by atoms with Crippen LogP contribution < -0.4 is 5.32 Å². The third kappa shape index (κ3) is 2.80. The first-order valence-corrected chi connectivity index (χ1v) is 4.97. The lowest BCUT2D eigenvalue weighted by molar-refractivity contribution is 0.768. The molecule has 15 heavy (non-hydrogen) atoms. The molecule has 0 radical (unpaired) electrons. The highest BCUT2D eigenvalue weighted by molar-refractivity contribution is 5.32. The Labute approximate surface area is 89.0 Å². The second kappa shape index (κ2) is 4.59. The number of hydrogen-bond acceptors (Lipinski definition) is 3. The lowest BCUT2D eigenvalue weighted by Gasteiger charge is -2.02. The molecule has 0 bridgehead atoms. The third-order valence-corrected chi connectivity index (χ3v) is 2.16. The Bertz CT molecular complexity index is 408. The summed E-state index contributed by atoms with van der Waals surface area (Å²) >= 11 is 0. The smallest absolute Gasteiger partial charge is 0.147 e. The summed E-state index contributed by atoms with van der Waals surface area (Å²) in [6, 6.07) is 5.99. The summed E-state index contributed by atoms with van der Waals surface area (Å²) in [5, 5.41) is 7.49. The zero-order chi connectivity index (χ0) is 10.5. The molecule has 0 aromatic carbocycles. The zero-order valence-corrected chi connectivity index (χ0v) is 8.72. The van der Waals surface area contributed by atoms with Crippen molar-refractivity contribution in [2.24, 2.45) is 7.05 Å². The van der Waals surface area contributed by atoms with E-state index in [1.165, 1.54) is 5.56 Å². The second-order valence-electron chi connectivity index (χ2n) is 3.41. The van der Waals surface area contributed by atoms with Crippen molar-refractivity contribution in [1.82, 2.24) is 14.8 Å². The van der Waals surface area contributed by atoms with E-state index in [4.69, 9.17) is 0 Å². The Morgan fingerprint density at radius 2 is 2.33 bits per heavy atom. The molecule has 4 nitrogen and oxygen atoms in total. The molecule has 0 aliphatic heterocycles. The van der Waals surface area contributed by atoms with Crippen LogP contribution in [0.3, 0.4) is 0 Å². The van der Waals surface area contributed by atoms with Crippen LogP contribution in [-0.2, 0) is 13.5 Å². The van der Waals surface area contributed by atoms with Crippen molar-refractivity contribution in [3.63, 3.8) is 0 Å². The quantitative estimate of drug-likeness (QED) is 0.816. The van der Waals surface area contributed by atoms with Gasteiger partial charge in [-0.3, -0.25) is 9.67 Å². The molecule has 0 aliphatic rings. The summed E-state index contributed by atoms with van der Waals surface area (Å²) in [6.07, 6.45) is 6.56. The zero-order valence-electron chi connectivity index (χ0n) is 8.72. The first-order valence-electron chi connectivity index (χ1n) is 4.97. The molecule has 0 saturated carbocycles. The largest absolute Gasteiger partial charge is 0.368 e. The number of rotatable bonds is 4. The average Bonchev–Trinajstić information content (AvgIpc) is 2.66. The van der Waals surface area contributed by atoms with E-state index in [2.05, 4.69) is 21.5 Å². The van der Waals surface area contributed by atoms with Gasteiger partial charge < -0.3 is 5.32 Å². The van der Waals surface area contributed by atoms with Gasteiger partial charge >= 0.3 is 0 Å². The van der Waals surface area contributed by atoms with E-state index in [1.54, 1.807) is 10.9 Å². The highest BCUT2D eigenvalue weighted by Crippen LogP contribution is 2.02. The van der Waals surface area contributed by atoms with E-state index in [-0.39, 0.29) is 0 Å². The van der Waals surface area contributed by atoms with Crippen LogP contribution in [0.15, 0.2) is 36.8 Å². The SMILES string of the molecule is Cn1ccc(NCCc2cccnc2)n1. The Morgan fingerprint density at radius 3 is 3.00 bits per heavy atom. The maximum atomic E-state index is 4.23. The van der Waals surface area contributed by atoms with Gasteiger partial charge in [-0.25, -0.2) is 0 Å². The van der Waals surface area contributed by atoms with Crippen LogP contribution in [0.2, 0.25) is 0 Å². The van der Waals surface area contributed by atoms with Gasteiger partial charge in [0.05, 0.1) is 0 Å². The van der Waals surface area contributed by atoms with Gasteiger partial charge in [0.15, 0.2) is 0 Å². The highest BCUT2D eigenvalue weighted by atomic mass is 15.3. The molecular formula is C11H14N4. The van der Waals surface area contributed by atoms with E-state index in [9.17, 15) is 0 Å². The van der Waals surface area contributed by atoms with Gasteiger partial charge in [-0.15, -0.1) is 0 Å². The minimum Gasteiger partial charge on any atom is -0.368 e. The topological polar surface area (TPSA) is 42.7 Å². The molecule has 2 rings (SSSR count). The van der Waals surface area contributed by atoms with Gasteiger partial charge in [0, 0.05) is 38.2 Å². The fourth-order valence-corrected chi connectivity index (χ4v) is 1.39. The Kier molecular flexibility index (Phi) is 2.97. The molecule has 2 heterocycles. The number of nitrogens with one attached hydrogen (secondary N) is 1. The number of aryl methyl sites for hydroxylation is 1. The van der Waals surface area contributed by atoms with Crippen molar-refractivity contribution in [1.29, 1.82) is 0 Å². The first kappa shape index (κ1) is 9.71. The molecule has 2 aromatic heterocycles. The molecule has 0 spiro atoms. The normalized spacial score (nSPS) is 10.2. The molecule has 0 fully saturated rings. The van der Waals surface area contributed by atoms with E-state index < -0.39 is 0 Å². The van der Waals surface area contributed by atoms with Crippen LogP contribution in [0.5, 0.6) is 0 Å². The number of anilines is 1. The van der Waals surface area contributed by atoms with Crippen molar-refractivity contribution in [3.05, 3.63) is 42.4 Å². The molecule has 0 saturated heterocycles. The Morgan fingerprint density at radius 1 is 1.40 bits per heavy atom. The molecular weight excluding hydrogens is 188 g/mol. The van der Waals surface area contributed by atoms with Crippen molar-refractivity contribution in [2.75, 3.05) is 11.9 Å². The van der Waals surface area contributed by atoms with Crippen LogP contribution in [0.4, 0.5) is 5.82 Å². The Balaban J connectivity index is 1.80. The highest BCUT2D eigenvalue weighted by Gasteiger charge is 1.95. The predicted molar refractivity (Wildman–Crippen MR) is 59.6 cm³/mol. The number of hydrogen-bond donors (Lipinski definition) is 1. The van der Waals surface area contributed by atoms with Gasteiger partial charge in [-0.2, -0.15) is 5.10 Å². The van der Waals surface area contributed by atoms with E-state index in [0.29, 0.717) is 0 Å². The summed E-state index contributed by atoms with van der Waals surface area (Å²) in [4.78, 5) is 4.07. The average molecular weight is 202 g/mol. The van der Waals surface area contributed by atoms with Crippen molar-refractivity contribution in [3.8, 4) is 0 Å². The maximum Gasteiger partial charge on any atom is 0.147 e. The fraction of sp³-hybridized carbons (Fsp3) is 0.273. The van der Waals surface area contributed by atoms with Gasteiger partial charge in [-0.05, 0) is 18.1 Å². The van der Waals surface area contributed by atoms with Gasteiger partial charge in [0.2, 0.25) is 0 Å². The summed E-state index contributed by atoms with van der Waals surface area (Å²) in [5.41, 5.74) is 1.24. The first-order chi connectivity index (χ1) is 7.34. The summed E-state index contributed by atoms with van der Waals surface area (Å²) in [7, 11) is 1.91. The molecule has 0 unspecified atom stereocenters. The Hall–Kier alpha value is -1.84. The maximum absolute atomic E-state index is 4.23. The summed E-state index contributed by atoms with van der Waals surface area (Å²) < 4.78 is 1.78. The van der Waals surface area contributed by atoms with Crippen LogP contribution in [0.1, 0.15) is 5.56 Å². The van der Waals surface area contributed by atoms with Gasteiger partial charge in [-0.1, -0.05) is 6.07 Å². The van der Waals surface area contributed by atoms with Gasteiger partial charge in [0.25, 0.3) is 0 Å². The third-order valence-electron chi connectivity index (χ3n) is 2.16. The van der Waals surface area contributed by atoms with Crippen LogP contribution in [0, 0.1) is 0 Å². The van der Waals surface area contributed by atoms with Crippen LogP contribution in [0.25, 0.3) is 0 Å². The molecule has 78 valence electrons. The van der Waals surface area contributed by atoms with Crippen molar-refractivity contribution < 1.29 is 0 Å². The van der Waals surface area contributed by atoms with Crippen molar-refractivity contribution >= 4 is 5.82 Å². The standard InChI is InChI=1S/C11H14N4/c1-15-8-5-11(14-15)13-7-4-10-3-2-6-12-9-10/h2-3,5-6,8-9H,4,7H2,1H3,(H,13,14). The monoisotopic (exact) mass is 202 g/mol. The lowest BCUT2D eigenvalue weighted by Crippen LogP contribution is -2.05. The molecule has 0 aliphatic carbocycles. The molecule has 0 amide bonds. The van der Waals surface area contributed by atoms with Crippen LogP contribution >= 0.6 is 0 Å². The minimum absolute atomic E-state index is 0.878. The number of aromatic nitrogens is 3. The molecule has 2 aromatic rings.